The molecule has 216 valence electrons. The molecule has 2 fully saturated rings. The van der Waals surface area contributed by atoms with Crippen LogP contribution >= 0.6 is 0 Å². The summed E-state index contributed by atoms with van der Waals surface area (Å²) in [6, 6.07) is 18.2. The number of hydrogen-bond acceptors (Lipinski definition) is 7. The molecule has 4 atom stereocenters. The Morgan fingerprint density at radius 2 is 1.58 bits per heavy atom. The Kier molecular flexibility index (Phi) is 6.64. The summed E-state index contributed by atoms with van der Waals surface area (Å²) in [6.45, 7) is -0.329. The van der Waals surface area contributed by atoms with Crippen molar-refractivity contribution < 1.29 is 23.2 Å². The first-order valence-electron chi connectivity index (χ1n) is 14.1. The predicted molar refractivity (Wildman–Crippen MR) is 153 cm³/mol. The van der Waals surface area contributed by atoms with Crippen molar-refractivity contribution in [2.24, 2.45) is 21.4 Å². The van der Waals surface area contributed by atoms with E-state index >= 15 is 0 Å². The summed E-state index contributed by atoms with van der Waals surface area (Å²) in [6.07, 6.45) is 4.31. The first kappa shape index (κ1) is 26.8. The molecule has 1 aliphatic carbocycles. The second-order valence-corrected chi connectivity index (χ2v) is 11.0. The van der Waals surface area contributed by atoms with Crippen LogP contribution in [0.2, 0.25) is 0 Å². The van der Waals surface area contributed by atoms with E-state index in [0.29, 0.717) is 5.69 Å². The Morgan fingerprint density at radius 3 is 2.30 bits per heavy atom. The highest BCUT2D eigenvalue weighted by Crippen LogP contribution is 2.45. The van der Waals surface area contributed by atoms with Gasteiger partial charge < -0.3 is 0 Å². The van der Waals surface area contributed by atoms with Gasteiger partial charge in [0, 0.05) is 5.92 Å². The van der Waals surface area contributed by atoms with E-state index in [-0.39, 0.29) is 18.3 Å². The van der Waals surface area contributed by atoms with Crippen molar-refractivity contribution in [1.29, 1.82) is 0 Å². The molecule has 3 aromatic carbocycles. The minimum Gasteiger partial charge on any atom is -0.271 e. The second kappa shape index (κ2) is 10.6. The molecule has 9 nitrogen and oxygen atoms in total. The fraction of sp³-hybridized carbons (Fsp3) is 0.250. The number of fused-ring (bicyclic) bond motifs is 2. The van der Waals surface area contributed by atoms with Gasteiger partial charge in [0.05, 0.1) is 17.4 Å². The highest BCUT2D eigenvalue weighted by atomic mass is 19.1. The van der Waals surface area contributed by atoms with Crippen LogP contribution in [0.15, 0.2) is 99.9 Å². The largest absolute Gasteiger partial charge is 0.271 e. The monoisotopic (exact) mass is 580 g/mol. The van der Waals surface area contributed by atoms with Crippen LogP contribution in [0.5, 0.6) is 0 Å². The maximum absolute atomic E-state index is 14.0. The van der Waals surface area contributed by atoms with Gasteiger partial charge in [0.25, 0.3) is 17.7 Å². The van der Waals surface area contributed by atoms with E-state index in [1.54, 1.807) is 54.6 Å². The average Bonchev–Trinajstić information content (AvgIpc) is 3.68. The normalized spacial score (nSPS) is 25.4. The van der Waals surface area contributed by atoms with Crippen LogP contribution in [0.25, 0.3) is 6.08 Å². The van der Waals surface area contributed by atoms with Gasteiger partial charge in [0.1, 0.15) is 18.2 Å². The predicted octanol–water partition coefficient (Wildman–Crippen LogP) is 5.08. The summed E-state index contributed by atoms with van der Waals surface area (Å²) >= 11 is 0. The number of amides is 3. The number of hydrogen-bond donors (Lipinski definition) is 0. The maximum atomic E-state index is 14.0. The molecule has 11 heteroatoms. The van der Waals surface area contributed by atoms with Gasteiger partial charge in [-0.05, 0) is 78.4 Å². The maximum Gasteiger partial charge on any atom is 0.264 e. The Morgan fingerprint density at radius 1 is 0.884 bits per heavy atom. The first-order valence-corrected chi connectivity index (χ1v) is 14.1. The van der Waals surface area contributed by atoms with Crippen LogP contribution in [0.1, 0.15) is 36.4 Å². The quantitative estimate of drug-likeness (QED) is 0.393. The molecule has 7 rings (SSSR count). The molecule has 0 bridgehead atoms. The van der Waals surface area contributed by atoms with Gasteiger partial charge in [-0.25, -0.2) is 18.7 Å². The van der Waals surface area contributed by atoms with E-state index < -0.39 is 41.7 Å². The SMILES string of the molecule is O=C1[C@@H]2N=NN(CC(=O)N3N=C4/C(=C/c5ccc(F)cc5)CCC[C@@H]4[C@H]3c3ccc(F)cc3)[C@H]2C(=O)N1c1ccccc1. The van der Waals surface area contributed by atoms with E-state index in [1.165, 1.54) is 34.3 Å². The van der Waals surface area contributed by atoms with Crippen molar-refractivity contribution in [1.82, 2.24) is 10.0 Å². The van der Waals surface area contributed by atoms with Crippen LogP contribution < -0.4 is 4.90 Å². The summed E-state index contributed by atoms with van der Waals surface area (Å²) in [5, 5.41) is 15.6. The zero-order chi connectivity index (χ0) is 29.7. The first-order chi connectivity index (χ1) is 20.9. The summed E-state index contributed by atoms with van der Waals surface area (Å²) in [5.41, 5.74) is 3.67. The van der Waals surface area contributed by atoms with E-state index in [0.717, 1.165) is 46.6 Å². The zero-order valence-electron chi connectivity index (χ0n) is 22.9. The third-order valence-corrected chi connectivity index (χ3v) is 8.35. The molecule has 0 spiro atoms. The lowest BCUT2D eigenvalue weighted by Gasteiger charge is -2.30. The Bertz CT molecular complexity index is 1690. The molecule has 43 heavy (non-hydrogen) atoms. The molecule has 3 aliphatic heterocycles. The molecule has 0 unspecified atom stereocenters. The van der Waals surface area contributed by atoms with Gasteiger partial charge in [-0.1, -0.05) is 47.7 Å². The molecule has 4 aliphatic rings. The molecular formula is C32H26F2N6O3. The number of imide groups is 1. The number of carbonyl (C=O) groups is 3. The van der Waals surface area contributed by atoms with Crippen molar-refractivity contribution in [3.8, 4) is 0 Å². The minimum absolute atomic E-state index is 0.147. The zero-order valence-corrected chi connectivity index (χ0v) is 22.9. The average molecular weight is 581 g/mol. The molecular weight excluding hydrogens is 554 g/mol. The number of allylic oxidation sites excluding steroid dienone is 1. The summed E-state index contributed by atoms with van der Waals surface area (Å²) in [5.74, 6) is -2.29. The highest BCUT2D eigenvalue weighted by Gasteiger charge is 2.55. The van der Waals surface area contributed by atoms with Crippen molar-refractivity contribution >= 4 is 35.2 Å². The molecule has 3 amide bonds. The van der Waals surface area contributed by atoms with E-state index in [2.05, 4.69) is 10.3 Å². The number of halogens is 2. The molecule has 1 saturated heterocycles. The number of hydrazone groups is 1. The number of anilines is 1. The lowest BCUT2D eigenvalue weighted by Crippen LogP contribution is -2.45. The molecule has 0 N–H and O–H groups in total. The smallest absolute Gasteiger partial charge is 0.264 e. The lowest BCUT2D eigenvalue weighted by molar-refractivity contribution is -0.136. The van der Waals surface area contributed by atoms with E-state index in [9.17, 15) is 23.2 Å². The molecule has 3 heterocycles. The molecule has 3 aromatic rings. The molecule has 0 radical (unpaired) electrons. The van der Waals surface area contributed by atoms with Gasteiger partial charge in [-0.2, -0.15) is 10.2 Å². The highest BCUT2D eigenvalue weighted by molar-refractivity contribution is 6.25. The van der Waals surface area contributed by atoms with Crippen LogP contribution in [0, 0.1) is 17.6 Å². The fourth-order valence-electron chi connectivity index (χ4n) is 6.36. The number of nitrogens with zero attached hydrogens (tertiary/aromatic N) is 6. The standard InChI is InChI=1S/C32H26F2N6O3/c33-22-13-9-19(10-14-22)17-21-5-4-8-25-27(21)36-40(29(25)20-11-15-23(34)16-12-20)26(41)18-38-30-28(35-37-38)31(42)39(32(30)43)24-6-2-1-3-7-24/h1-3,6-7,9-17,25,28-30H,4-5,8,18H2/b21-17+/t25-,28+,29+,30+/m0/s1. The van der Waals surface area contributed by atoms with E-state index in [1.807, 2.05) is 6.08 Å². The van der Waals surface area contributed by atoms with Crippen LogP contribution in [-0.2, 0) is 14.4 Å². The van der Waals surface area contributed by atoms with Crippen molar-refractivity contribution in [3.63, 3.8) is 0 Å². The minimum atomic E-state index is -1.04. The van der Waals surface area contributed by atoms with E-state index in [4.69, 9.17) is 5.10 Å². The van der Waals surface area contributed by atoms with Crippen molar-refractivity contribution in [2.45, 2.75) is 37.4 Å². The number of carbonyl (C=O) groups excluding carboxylic acids is 3. The number of rotatable bonds is 5. The Hall–Kier alpha value is -5.06. The summed E-state index contributed by atoms with van der Waals surface area (Å²) in [7, 11) is 0. The van der Waals surface area contributed by atoms with Crippen molar-refractivity contribution in [2.75, 3.05) is 11.4 Å². The third kappa shape index (κ3) is 4.70. The Labute approximate surface area is 245 Å². The van der Waals surface area contributed by atoms with Crippen LogP contribution in [0.3, 0.4) is 0 Å². The van der Waals surface area contributed by atoms with Crippen LogP contribution in [0.4, 0.5) is 14.5 Å². The summed E-state index contributed by atoms with van der Waals surface area (Å²) < 4.78 is 27.4. The molecule has 0 aromatic heterocycles. The second-order valence-electron chi connectivity index (χ2n) is 11.0. The lowest BCUT2D eigenvalue weighted by atomic mass is 9.77. The van der Waals surface area contributed by atoms with Gasteiger partial charge >= 0.3 is 0 Å². The van der Waals surface area contributed by atoms with Gasteiger partial charge in [0.2, 0.25) is 0 Å². The van der Waals surface area contributed by atoms with Crippen LogP contribution in [-0.4, -0.2) is 52.1 Å². The van der Waals surface area contributed by atoms with Gasteiger partial charge in [0.15, 0.2) is 12.1 Å². The fourth-order valence-corrected chi connectivity index (χ4v) is 6.36. The Balaban J connectivity index is 1.19. The number of benzene rings is 3. The van der Waals surface area contributed by atoms with Gasteiger partial charge in [-0.15, -0.1) is 0 Å². The third-order valence-electron chi connectivity index (χ3n) is 8.35. The topological polar surface area (TPSA) is 98.0 Å². The van der Waals surface area contributed by atoms with Crippen molar-refractivity contribution in [3.05, 3.63) is 107 Å². The number of para-hydroxylation sites is 1. The summed E-state index contributed by atoms with van der Waals surface area (Å²) in [4.78, 5) is 41.5. The van der Waals surface area contributed by atoms with Gasteiger partial charge in [-0.3, -0.25) is 19.4 Å². The molecule has 1 saturated carbocycles.